The van der Waals surface area contributed by atoms with Gasteiger partial charge in [0.2, 0.25) is 11.8 Å². The van der Waals surface area contributed by atoms with E-state index in [2.05, 4.69) is 9.97 Å². The number of nitrogen functional groups attached to an aromatic ring is 1. The maximum absolute atomic E-state index is 5.81. The van der Waals surface area contributed by atoms with Crippen molar-refractivity contribution in [2.75, 3.05) is 18.9 Å². The fourth-order valence-corrected chi connectivity index (χ4v) is 1.83. The molecule has 0 aliphatic rings. The lowest BCUT2D eigenvalue weighted by atomic mass is 10.1. The summed E-state index contributed by atoms with van der Waals surface area (Å²) in [4.78, 5) is 8.27. The Bertz CT molecular complexity index is 546. The van der Waals surface area contributed by atoms with Gasteiger partial charge in [-0.3, -0.25) is 4.98 Å². The molecule has 5 nitrogen and oxygen atoms in total. The van der Waals surface area contributed by atoms with Crippen LogP contribution in [0.1, 0.15) is 25.3 Å². The van der Waals surface area contributed by atoms with Crippen molar-refractivity contribution in [3.05, 3.63) is 42.2 Å². The zero-order valence-corrected chi connectivity index (χ0v) is 12.3. The largest absolute Gasteiger partial charge is 0.478 e. The van der Waals surface area contributed by atoms with Crippen LogP contribution in [0.25, 0.3) is 0 Å². The van der Waals surface area contributed by atoms with Crippen molar-refractivity contribution >= 4 is 5.69 Å². The maximum Gasteiger partial charge on any atom is 0.240 e. The van der Waals surface area contributed by atoms with Crippen LogP contribution in [-0.4, -0.2) is 23.2 Å². The first-order chi connectivity index (χ1) is 10.3. The Kier molecular flexibility index (Phi) is 5.82. The van der Waals surface area contributed by atoms with Crippen molar-refractivity contribution in [2.24, 2.45) is 0 Å². The minimum Gasteiger partial charge on any atom is -0.478 e. The SMILES string of the molecule is CCCOc1nc(OCCCc2ccncc2)ccc1N. The second kappa shape index (κ2) is 8.09. The van der Waals surface area contributed by atoms with Crippen LogP contribution >= 0.6 is 0 Å². The van der Waals surface area contributed by atoms with Gasteiger partial charge in [0.1, 0.15) is 0 Å². The highest BCUT2D eigenvalue weighted by molar-refractivity contribution is 5.49. The average Bonchev–Trinajstić information content (AvgIpc) is 2.52. The quantitative estimate of drug-likeness (QED) is 0.756. The molecule has 0 aliphatic heterocycles. The second-order valence-electron chi connectivity index (χ2n) is 4.70. The van der Waals surface area contributed by atoms with E-state index in [-0.39, 0.29) is 0 Å². The summed E-state index contributed by atoms with van der Waals surface area (Å²) in [5.74, 6) is 0.994. The molecule has 0 atom stereocenters. The minimum atomic E-state index is 0.448. The number of anilines is 1. The van der Waals surface area contributed by atoms with E-state index in [1.54, 1.807) is 24.5 Å². The Hall–Kier alpha value is -2.30. The summed E-state index contributed by atoms with van der Waals surface area (Å²) in [6.07, 6.45) is 6.39. The van der Waals surface area contributed by atoms with Crippen LogP contribution in [0.2, 0.25) is 0 Å². The highest BCUT2D eigenvalue weighted by Crippen LogP contribution is 2.22. The Morgan fingerprint density at radius 2 is 1.86 bits per heavy atom. The molecule has 2 rings (SSSR count). The second-order valence-corrected chi connectivity index (χ2v) is 4.70. The van der Waals surface area contributed by atoms with Crippen LogP contribution in [0.4, 0.5) is 5.69 Å². The first-order valence-corrected chi connectivity index (χ1v) is 7.20. The zero-order chi connectivity index (χ0) is 14.9. The standard InChI is InChI=1S/C16H21N3O2/c1-2-11-21-16-14(17)5-6-15(19-16)20-12-3-4-13-7-9-18-10-8-13/h5-10H,2-4,11-12,17H2,1H3. The first kappa shape index (κ1) is 15.1. The van der Waals surface area contributed by atoms with E-state index in [0.717, 1.165) is 19.3 Å². The molecule has 2 aromatic heterocycles. The summed E-state index contributed by atoms with van der Waals surface area (Å²) in [6.45, 7) is 3.24. The molecule has 0 bridgehead atoms. The van der Waals surface area contributed by atoms with E-state index in [4.69, 9.17) is 15.2 Å². The van der Waals surface area contributed by atoms with E-state index < -0.39 is 0 Å². The number of pyridine rings is 2. The Labute approximate surface area is 125 Å². The summed E-state index contributed by atoms with van der Waals surface area (Å²) in [6, 6.07) is 7.55. The molecule has 0 saturated carbocycles. The van der Waals surface area contributed by atoms with Crippen molar-refractivity contribution in [3.8, 4) is 11.8 Å². The number of rotatable bonds is 8. The molecule has 0 unspecified atom stereocenters. The topological polar surface area (TPSA) is 70.3 Å². The molecule has 2 heterocycles. The fourth-order valence-electron chi connectivity index (χ4n) is 1.83. The molecular formula is C16H21N3O2. The fraction of sp³-hybridized carbons (Fsp3) is 0.375. The Morgan fingerprint density at radius 1 is 1.05 bits per heavy atom. The van der Waals surface area contributed by atoms with Crippen LogP contribution in [0, 0.1) is 0 Å². The number of hydrogen-bond acceptors (Lipinski definition) is 5. The third-order valence-corrected chi connectivity index (χ3v) is 2.92. The van der Waals surface area contributed by atoms with E-state index in [1.807, 2.05) is 19.1 Å². The summed E-state index contributed by atoms with van der Waals surface area (Å²) < 4.78 is 11.1. The minimum absolute atomic E-state index is 0.448. The summed E-state index contributed by atoms with van der Waals surface area (Å²) in [5, 5.41) is 0. The molecule has 21 heavy (non-hydrogen) atoms. The van der Waals surface area contributed by atoms with Gasteiger partial charge in [0.05, 0.1) is 18.9 Å². The van der Waals surface area contributed by atoms with Gasteiger partial charge >= 0.3 is 0 Å². The van der Waals surface area contributed by atoms with E-state index in [9.17, 15) is 0 Å². The van der Waals surface area contributed by atoms with Crippen LogP contribution in [-0.2, 0) is 6.42 Å². The van der Waals surface area contributed by atoms with Crippen LogP contribution in [0.15, 0.2) is 36.7 Å². The monoisotopic (exact) mass is 287 g/mol. The van der Waals surface area contributed by atoms with Gasteiger partial charge in [-0.05, 0) is 43.0 Å². The Balaban J connectivity index is 1.80. The molecule has 0 amide bonds. The van der Waals surface area contributed by atoms with Gasteiger partial charge in [0.15, 0.2) is 0 Å². The lowest BCUT2D eigenvalue weighted by Crippen LogP contribution is -2.05. The van der Waals surface area contributed by atoms with Crippen molar-refractivity contribution in [1.29, 1.82) is 0 Å². The predicted molar refractivity (Wildman–Crippen MR) is 82.5 cm³/mol. The van der Waals surface area contributed by atoms with E-state index in [0.29, 0.717) is 30.7 Å². The van der Waals surface area contributed by atoms with Gasteiger partial charge in [-0.1, -0.05) is 6.92 Å². The van der Waals surface area contributed by atoms with Gasteiger partial charge < -0.3 is 15.2 Å². The molecule has 0 aliphatic carbocycles. The average molecular weight is 287 g/mol. The molecule has 0 radical (unpaired) electrons. The van der Waals surface area contributed by atoms with Crippen molar-refractivity contribution in [3.63, 3.8) is 0 Å². The number of hydrogen-bond donors (Lipinski definition) is 1. The van der Waals surface area contributed by atoms with Gasteiger partial charge in [0, 0.05) is 18.5 Å². The molecule has 0 fully saturated rings. The third-order valence-electron chi connectivity index (χ3n) is 2.92. The zero-order valence-electron chi connectivity index (χ0n) is 12.3. The van der Waals surface area contributed by atoms with Gasteiger partial charge in [-0.25, -0.2) is 0 Å². The Morgan fingerprint density at radius 3 is 2.62 bits per heavy atom. The predicted octanol–water partition coefficient (Wildman–Crippen LogP) is 2.86. The molecule has 5 heteroatoms. The highest BCUT2D eigenvalue weighted by atomic mass is 16.5. The van der Waals surface area contributed by atoms with Crippen molar-refractivity contribution < 1.29 is 9.47 Å². The normalized spacial score (nSPS) is 10.3. The molecule has 0 saturated heterocycles. The molecule has 0 aromatic carbocycles. The van der Waals surface area contributed by atoms with Crippen molar-refractivity contribution in [1.82, 2.24) is 9.97 Å². The van der Waals surface area contributed by atoms with Gasteiger partial charge in [-0.2, -0.15) is 4.98 Å². The molecule has 112 valence electrons. The van der Waals surface area contributed by atoms with Crippen LogP contribution in [0.5, 0.6) is 11.8 Å². The molecule has 2 N–H and O–H groups in total. The molecular weight excluding hydrogens is 266 g/mol. The molecule has 2 aromatic rings. The maximum atomic E-state index is 5.81. The number of nitrogens with zero attached hydrogens (tertiary/aromatic N) is 2. The summed E-state index contributed by atoms with van der Waals surface area (Å²) in [7, 11) is 0. The van der Waals surface area contributed by atoms with Crippen LogP contribution < -0.4 is 15.2 Å². The number of aromatic nitrogens is 2. The molecule has 0 spiro atoms. The van der Waals surface area contributed by atoms with Gasteiger partial charge in [0.25, 0.3) is 0 Å². The van der Waals surface area contributed by atoms with Crippen LogP contribution in [0.3, 0.4) is 0 Å². The number of aryl methyl sites for hydroxylation is 1. The summed E-state index contributed by atoms with van der Waals surface area (Å²) in [5.41, 5.74) is 7.60. The lowest BCUT2D eigenvalue weighted by Gasteiger charge is -2.10. The van der Waals surface area contributed by atoms with Gasteiger partial charge in [-0.15, -0.1) is 0 Å². The number of nitrogens with two attached hydrogens (primary N) is 1. The smallest absolute Gasteiger partial charge is 0.240 e. The highest BCUT2D eigenvalue weighted by Gasteiger charge is 2.05. The van der Waals surface area contributed by atoms with E-state index >= 15 is 0 Å². The first-order valence-electron chi connectivity index (χ1n) is 7.20. The number of ether oxygens (including phenoxy) is 2. The van der Waals surface area contributed by atoms with Crippen molar-refractivity contribution in [2.45, 2.75) is 26.2 Å². The lowest BCUT2D eigenvalue weighted by molar-refractivity contribution is 0.278. The third kappa shape index (κ3) is 4.95. The van der Waals surface area contributed by atoms with E-state index in [1.165, 1.54) is 5.56 Å². The summed E-state index contributed by atoms with van der Waals surface area (Å²) >= 11 is 0.